The number of aryl methyl sites for hydroxylation is 1. The predicted molar refractivity (Wildman–Crippen MR) is 95.6 cm³/mol. The molecular formula is C19H20N2O4. The molecule has 0 unspecified atom stereocenters. The molecule has 2 amide bonds. The van der Waals surface area contributed by atoms with Crippen LogP contribution in [0.2, 0.25) is 0 Å². The van der Waals surface area contributed by atoms with Gasteiger partial charge in [0.15, 0.2) is 0 Å². The maximum atomic E-state index is 12.3. The summed E-state index contributed by atoms with van der Waals surface area (Å²) in [4.78, 5) is 37.1. The zero-order valence-corrected chi connectivity index (χ0v) is 14.4. The van der Waals surface area contributed by atoms with Crippen molar-refractivity contribution in [3.8, 4) is 0 Å². The Morgan fingerprint density at radius 2 is 1.76 bits per heavy atom. The molecule has 0 radical (unpaired) electrons. The first-order valence-corrected chi connectivity index (χ1v) is 7.73. The largest absolute Gasteiger partial charge is 0.465 e. The van der Waals surface area contributed by atoms with Crippen molar-refractivity contribution in [1.82, 2.24) is 0 Å². The van der Waals surface area contributed by atoms with Gasteiger partial charge in [-0.05, 0) is 37.3 Å². The maximum absolute atomic E-state index is 12.3. The fraction of sp³-hybridized carbons (Fsp3) is 0.211. The van der Waals surface area contributed by atoms with Gasteiger partial charge in [0.1, 0.15) is 6.54 Å². The SMILES string of the molecule is COC(=O)c1cccc(NC(=O)CN(C(C)=O)c2ccc(C)cc2)c1. The van der Waals surface area contributed by atoms with Crippen LogP contribution >= 0.6 is 0 Å². The summed E-state index contributed by atoms with van der Waals surface area (Å²) in [5, 5.41) is 2.69. The molecule has 0 bridgehead atoms. The van der Waals surface area contributed by atoms with Crippen molar-refractivity contribution in [1.29, 1.82) is 0 Å². The lowest BCUT2D eigenvalue weighted by molar-refractivity contribution is -0.120. The van der Waals surface area contributed by atoms with Gasteiger partial charge in [-0.25, -0.2) is 4.79 Å². The average Bonchev–Trinajstić information content (AvgIpc) is 2.60. The summed E-state index contributed by atoms with van der Waals surface area (Å²) >= 11 is 0. The van der Waals surface area contributed by atoms with E-state index in [1.807, 2.05) is 19.1 Å². The monoisotopic (exact) mass is 340 g/mol. The van der Waals surface area contributed by atoms with Crippen LogP contribution in [0.15, 0.2) is 48.5 Å². The van der Waals surface area contributed by atoms with Crippen LogP contribution in [0.4, 0.5) is 11.4 Å². The van der Waals surface area contributed by atoms with E-state index in [0.29, 0.717) is 16.9 Å². The Morgan fingerprint density at radius 3 is 2.36 bits per heavy atom. The van der Waals surface area contributed by atoms with Crippen molar-refractivity contribution in [2.24, 2.45) is 0 Å². The minimum absolute atomic E-state index is 0.124. The van der Waals surface area contributed by atoms with Gasteiger partial charge in [0.05, 0.1) is 12.7 Å². The van der Waals surface area contributed by atoms with E-state index in [4.69, 9.17) is 0 Å². The maximum Gasteiger partial charge on any atom is 0.337 e. The number of hydrogen-bond donors (Lipinski definition) is 1. The van der Waals surface area contributed by atoms with E-state index in [9.17, 15) is 14.4 Å². The number of anilines is 2. The third-order valence-corrected chi connectivity index (χ3v) is 3.59. The highest BCUT2D eigenvalue weighted by atomic mass is 16.5. The molecule has 0 aromatic heterocycles. The van der Waals surface area contributed by atoms with Crippen LogP contribution in [0.25, 0.3) is 0 Å². The molecule has 1 N–H and O–H groups in total. The Bertz CT molecular complexity index is 784. The van der Waals surface area contributed by atoms with Gasteiger partial charge in [0.2, 0.25) is 11.8 Å². The van der Waals surface area contributed by atoms with Gasteiger partial charge in [-0.15, -0.1) is 0 Å². The molecule has 0 saturated heterocycles. The molecule has 2 aromatic carbocycles. The van der Waals surface area contributed by atoms with Crippen LogP contribution in [-0.2, 0) is 14.3 Å². The van der Waals surface area contributed by atoms with E-state index < -0.39 is 5.97 Å². The topological polar surface area (TPSA) is 75.7 Å². The summed E-state index contributed by atoms with van der Waals surface area (Å²) in [5.74, 6) is -1.08. The highest BCUT2D eigenvalue weighted by molar-refractivity contribution is 6.02. The number of carbonyl (C=O) groups is 3. The number of amides is 2. The number of methoxy groups -OCH3 is 1. The van der Waals surface area contributed by atoms with Crippen molar-refractivity contribution in [3.63, 3.8) is 0 Å². The lowest BCUT2D eigenvalue weighted by atomic mass is 10.2. The van der Waals surface area contributed by atoms with Gasteiger partial charge in [-0.3, -0.25) is 9.59 Å². The van der Waals surface area contributed by atoms with E-state index in [2.05, 4.69) is 10.1 Å². The first kappa shape index (κ1) is 18.2. The van der Waals surface area contributed by atoms with Crippen molar-refractivity contribution in [2.75, 3.05) is 23.9 Å². The molecular weight excluding hydrogens is 320 g/mol. The third kappa shape index (κ3) is 4.91. The van der Waals surface area contributed by atoms with Gasteiger partial charge >= 0.3 is 5.97 Å². The van der Waals surface area contributed by atoms with Gasteiger partial charge in [-0.1, -0.05) is 23.8 Å². The summed E-state index contributed by atoms with van der Waals surface area (Å²) in [6, 6.07) is 13.8. The van der Waals surface area contributed by atoms with Crippen molar-refractivity contribution >= 4 is 29.2 Å². The minimum atomic E-state index is -0.485. The molecule has 0 aliphatic rings. The smallest absolute Gasteiger partial charge is 0.337 e. The van der Waals surface area contributed by atoms with Gasteiger partial charge in [0.25, 0.3) is 0 Å². The lowest BCUT2D eigenvalue weighted by Gasteiger charge is -2.21. The van der Waals surface area contributed by atoms with Crippen molar-refractivity contribution < 1.29 is 19.1 Å². The summed E-state index contributed by atoms with van der Waals surface area (Å²) in [6.45, 7) is 3.23. The van der Waals surface area contributed by atoms with Crippen LogP contribution in [0.3, 0.4) is 0 Å². The van der Waals surface area contributed by atoms with Crippen LogP contribution in [0.1, 0.15) is 22.8 Å². The Kier molecular flexibility index (Phi) is 5.89. The minimum Gasteiger partial charge on any atom is -0.465 e. The van der Waals surface area contributed by atoms with E-state index in [1.54, 1.807) is 30.3 Å². The zero-order chi connectivity index (χ0) is 18.4. The highest BCUT2D eigenvalue weighted by Gasteiger charge is 2.16. The molecule has 0 aliphatic heterocycles. The molecule has 2 rings (SSSR count). The summed E-state index contributed by atoms with van der Waals surface area (Å²) < 4.78 is 4.66. The average molecular weight is 340 g/mol. The number of nitrogens with one attached hydrogen (secondary N) is 1. The number of rotatable bonds is 5. The number of benzene rings is 2. The Hall–Kier alpha value is -3.15. The summed E-state index contributed by atoms with van der Waals surface area (Å²) in [6.07, 6.45) is 0. The number of nitrogens with zero attached hydrogens (tertiary/aromatic N) is 1. The second-order valence-corrected chi connectivity index (χ2v) is 5.56. The summed E-state index contributed by atoms with van der Waals surface area (Å²) in [7, 11) is 1.29. The predicted octanol–water partition coefficient (Wildman–Crippen LogP) is 2.77. The number of hydrogen-bond acceptors (Lipinski definition) is 4. The molecule has 0 heterocycles. The molecule has 0 atom stereocenters. The quantitative estimate of drug-likeness (QED) is 0.849. The van der Waals surface area contributed by atoms with Gasteiger partial charge in [0, 0.05) is 18.3 Å². The van der Waals surface area contributed by atoms with Gasteiger partial charge < -0.3 is 15.0 Å². The molecule has 25 heavy (non-hydrogen) atoms. The van der Waals surface area contributed by atoms with Gasteiger partial charge in [-0.2, -0.15) is 0 Å². The Morgan fingerprint density at radius 1 is 1.08 bits per heavy atom. The first-order chi connectivity index (χ1) is 11.9. The zero-order valence-electron chi connectivity index (χ0n) is 14.4. The van der Waals surface area contributed by atoms with Crippen LogP contribution in [0.5, 0.6) is 0 Å². The standard InChI is InChI=1S/C19H20N2O4/c1-13-7-9-17(10-8-13)21(14(2)22)12-18(23)20-16-6-4-5-15(11-16)19(24)25-3/h4-11H,12H2,1-3H3,(H,20,23). The van der Waals surface area contributed by atoms with E-state index >= 15 is 0 Å². The fourth-order valence-corrected chi connectivity index (χ4v) is 2.30. The molecule has 130 valence electrons. The Balaban J connectivity index is 2.10. The third-order valence-electron chi connectivity index (χ3n) is 3.59. The number of esters is 1. The molecule has 0 fully saturated rings. The molecule has 6 nitrogen and oxygen atoms in total. The second kappa shape index (κ2) is 8.10. The van der Waals surface area contributed by atoms with Crippen molar-refractivity contribution in [3.05, 3.63) is 59.7 Å². The molecule has 0 aliphatic carbocycles. The number of ether oxygens (including phenoxy) is 1. The lowest BCUT2D eigenvalue weighted by Crippen LogP contribution is -2.36. The van der Waals surface area contributed by atoms with E-state index in [-0.39, 0.29) is 18.4 Å². The van der Waals surface area contributed by atoms with E-state index in [0.717, 1.165) is 5.56 Å². The molecule has 6 heteroatoms. The van der Waals surface area contributed by atoms with E-state index in [1.165, 1.54) is 25.0 Å². The molecule has 2 aromatic rings. The van der Waals surface area contributed by atoms with Crippen molar-refractivity contribution in [2.45, 2.75) is 13.8 Å². The normalized spacial score (nSPS) is 10.0. The van der Waals surface area contributed by atoms with Crippen LogP contribution < -0.4 is 10.2 Å². The van der Waals surface area contributed by atoms with Crippen LogP contribution in [0, 0.1) is 6.92 Å². The van der Waals surface area contributed by atoms with Crippen LogP contribution in [-0.4, -0.2) is 31.4 Å². The summed E-state index contributed by atoms with van der Waals surface area (Å²) in [5.41, 5.74) is 2.51. The molecule has 0 spiro atoms. The second-order valence-electron chi connectivity index (χ2n) is 5.56. The first-order valence-electron chi connectivity index (χ1n) is 7.73. The number of carbonyl (C=O) groups excluding carboxylic acids is 3. The fourth-order valence-electron chi connectivity index (χ4n) is 2.30. The molecule has 0 saturated carbocycles. The highest BCUT2D eigenvalue weighted by Crippen LogP contribution is 2.16. The Labute approximate surface area is 146 Å².